The van der Waals surface area contributed by atoms with Gasteiger partial charge in [-0.1, -0.05) is 0 Å². The normalized spacial score (nSPS) is 14.3. The van der Waals surface area contributed by atoms with Crippen molar-refractivity contribution in [3.05, 3.63) is 0 Å². The number of amides is 1. The molecule has 1 amide bonds. The zero-order chi connectivity index (χ0) is 9.07. The summed E-state index contributed by atoms with van der Waals surface area (Å²) in [5.41, 5.74) is -0.300. The van der Waals surface area contributed by atoms with Crippen LogP contribution in [-0.2, 0) is 9.53 Å². The minimum absolute atomic E-state index is 0.0253. The molecule has 66 valence electrons. The highest BCUT2D eigenvalue weighted by Crippen LogP contribution is 2.12. The average molecular weight is 159 g/mol. The quantitative estimate of drug-likeness (QED) is 0.665. The molecule has 1 N–H and O–H groups in total. The zero-order valence-electron chi connectivity index (χ0n) is 7.89. The number of carbonyl (C=O) groups is 1. The highest BCUT2D eigenvalue weighted by molar-refractivity contribution is 5.73. The third-order valence-electron chi connectivity index (χ3n) is 1.99. The smallest absolute Gasteiger partial charge is 0.217 e. The van der Waals surface area contributed by atoms with Crippen molar-refractivity contribution in [1.82, 2.24) is 5.32 Å². The zero-order valence-corrected chi connectivity index (χ0v) is 7.89. The van der Waals surface area contributed by atoms with E-state index in [0.29, 0.717) is 0 Å². The molecule has 11 heavy (non-hydrogen) atoms. The van der Waals surface area contributed by atoms with E-state index < -0.39 is 0 Å². The number of rotatable bonds is 3. The lowest BCUT2D eigenvalue weighted by Gasteiger charge is -2.30. The Labute approximate surface area is 68.1 Å². The fourth-order valence-corrected chi connectivity index (χ4v) is 0.655. The Bertz CT molecular complexity index is 143. The van der Waals surface area contributed by atoms with Crippen molar-refractivity contribution in [2.75, 3.05) is 7.11 Å². The summed E-state index contributed by atoms with van der Waals surface area (Å²) in [6.45, 7) is 7.30. The SMILES string of the molecule is COC(C)(C)C(C)NC(C)=O. The summed E-state index contributed by atoms with van der Waals surface area (Å²) in [7, 11) is 1.64. The Hall–Kier alpha value is -0.570. The molecular formula is C8H17NO2. The van der Waals surface area contributed by atoms with Crippen LogP contribution >= 0.6 is 0 Å². The molecule has 0 aliphatic rings. The van der Waals surface area contributed by atoms with E-state index in [1.165, 1.54) is 6.92 Å². The van der Waals surface area contributed by atoms with Gasteiger partial charge in [-0.3, -0.25) is 4.79 Å². The summed E-state index contributed by atoms with van der Waals surface area (Å²) in [5, 5.41) is 2.77. The van der Waals surface area contributed by atoms with Crippen molar-refractivity contribution in [2.45, 2.75) is 39.3 Å². The molecule has 0 bridgehead atoms. The second-order valence-corrected chi connectivity index (χ2v) is 3.23. The van der Waals surface area contributed by atoms with Crippen LogP contribution in [0.15, 0.2) is 0 Å². The first-order valence-electron chi connectivity index (χ1n) is 3.72. The van der Waals surface area contributed by atoms with Crippen LogP contribution in [0.2, 0.25) is 0 Å². The van der Waals surface area contributed by atoms with Crippen LogP contribution in [0, 0.1) is 0 Å². The molecule has 0 spiro atoms. The Morgan fingerprint density at radius 1 is 1.55 bits per heavy atom. The van der Waals surface area contributed by atoms with E-state index in [-0.39, 0.29) is 17.6 Å². The Morgan fingerprint density at radius 2 is 2.00 bits per heavy atom. The predicted molar refractivity (Wildman–Crippen MR) is 44.4 cm³/mol. The van der Waals surface area contributed by atoms with Gasteiger partial charge in [0.05, 0.1) is 11.6 Å². The molecule has 1 unspecified atom stereocenters. The maximum Gasteiger partial charge on any atom is 0.217 e. The van der Waals surface area contributed by atoms with Gasteiger partial charge in [0.15, 0.2) is 0 Å². The van der Waals surface area contributed by atoms with E-state index >= 15 is 0 Å². The minimum Gasteiger partial charge on any atom is -0.377 e. The average Bonchev–Trinajstić information content (AvgIpc) is 1.86. The van der Waals surface area contributed by atoms with Crippen LogP contribution in [0.4, 0.5) is 0 Å². The van der Waals surface area contributed by atoms with Crippen LogP contribution < -0.4 is 5.32 Å². The van der Waals surface area contributed by atoms with Crippen molar-refractivity contribution < 1.29 is 9.53 Å². The molecular weight excluding hydrogens is 142 g/mol. The van der Waals surface area contributed by atoms with Gasteiger partial charge in [-0.15, -0.1) is 0 Å². The van der Waals surface area contributed by atoms with E-state index in [1.807, 2.05) is 20.8 Å². The van der Waals surface area contributed by atoms with E-state index in [9.17, 15) is 4.79 Å². The van der Waals surface area contributed by atoms with Gasteiger partial charge >= 0.3 is 0 Å². The Balaban J connectivity index is 4.01. The van der Waals surface area contributed by atoms with E-state index in [0.717, 1.165) is 0 Å². The third-order valence-corrected chi connectivity index (χ3v) is 1.99. The molecule has 1 atom stereocenters. The number of carbonyl (C=O) groups excluding carboxylic acids is 1. The number of nitrogens with one attached hydrogen (secondary N) is 1. The van der Waals surface area contributed by atoms with Gasteiger partial charge < -0.3 is 10.1 Å². The highest BCUT2D eigenvalue weighted by atomic mass is 16.5. The lowest BCUT2D eigenvalue weighted by Crippen LogP contribution is -2.47. The molecule has 0 rings (SSSR count). The Kier molecular flexibility index (Phi) is 3.52. The molecule has 0 saturated heterocycles. The summed E-state index contributed by atoms with van der Waals surface area (Å²) in [6, 6.07) is 0.0324. The lowest BCUT2D eigenvalue weighted by atomic mass is 10.0. The van der Waals surface area contributed by atoms with Crippen molar-refractivity contribution >= 4 is 5.91 Å². The fraction of sp³-hybridized carbons (Fsp3) is 0.875. The third kappa shape index (κ3) is 3.37. The van der Waals surface area contributed by atoms with Gasteiger partial charge in [-0.05, 0) is 20.8 Å². The van der Waals surface area contributed by atoms with E-state index in [2.05, 4.69) is 5.32 Å². The van der Waals surface area contributed by atoms with Crippen LogP contribution in [-0.4, -0.2) is 24.7 Å². The van der Waals surface area contributed by atoms with Crippen LogP contribution in [0.25, 0.3) is 0 Å². The number of ether oxygens (including phenoxy) is 1. The summed E-state index contributed by atoms with van der Waals surface area (Å²) in [4.78, 5) is 10.7. The molecule has 0 aromatic rings. The lowest BCUT2D eigenvalue weighted by molar-refractivity contribution is -0.121. The van der Waals surface area contributed by atoms with Gasteiger partial charge in [-0.2, -0.15) is 0 Å². The molecule has 3 heteroatoms. The fourth-order valence-electron chi connectivity index (χ4n) is 0.655. The maximum absolute atomic E-state index is 10.7. The first-order valence-corrected chi connectivity index (χ1v) is 3.72. The molecule has 3 nitrogen and oxygen atoms in total. The molecule has 0 aliphatic carbocycles. The van der Waals surface area contributed by atoms with Crippen LogP contribution in [0.1, 0.15) is 27.7 Å². The summed E-state index contributed by atoms with van der Waals surface area (Å²) >= 11 is 0. The second kappa shape index (κ2) is 3.72. The van der Waals surface area contributed by atoms with Crippen molar-refractivity contribution in [1.29, 1.82) is 0 Å². The molecule has 0 saturated carbocycles. The van der Waals surface area contributed by atoms with E-state index in [4.69, 9.17) is 4.74 Å². The van der Waals surface area contributed by atoms with Crippen molar-refractivity contribution in [3.8, 4) is 0 Å². The first kappa shape index (κ1) is 10.4. The summed E-state index contributed by atoms with van der Waals surface area (Å²) in [5.74, 6) is -0.0253. The van der Waals surface area contributed by atoms with Crippen LogP contribution in [0.3, 0.4) is 0 Å². The molecule has 0 heterocycles. The summed E-state index contributed by atoms with van der Waals surface area (Å²) in [6.07, 6.45) is 0. The van der Waals surface area contributed by atoms with Crippen molar-refractivity contribution in [2.24, 2.45) is 0 Å². The standard InChI is InChI=1S/C8H17NO2/c1-6(9-7(2)10)8(3,4)11-5/h6H,1-5H3,(H,9,10). The first-order chi connectivity index (χ1) is 4.90. The highest BCUT2D eigenvalue weighted by Gasteiger charge is 2.25. The molecule has 0 aromatic carbocycles. The Morgan fingerprint density at radius 3 is 2.27 bits per heavy atom. The number of hydrogen-bond donors (Lipinski definition) is 1. The van der Waals surface area contributed by atoms with Gasteiger partial charge in [0.1, 0.15) is 0 Å². The monoisotopic (exact) mass is 159 g/mol. The summed E-state index contributed by atoms with van der Waals surface area (Å²) < 4.78 is 5.19. The molecule has 0 radical (unpaired) electrons. The largest absolute Gasteiger partial charge is 0.377 e. The second-order valence-electron chi connectivity index (χ2n) is 3.23. The van der Waals surface area contributed by atoms with Gasteiger partial charge in [0, 0.05) is 14.0 Å². The van der Waals surface area contributed by atoms with Gasteiger partial charge in [0.2, 0.25) is 5.91 Å². The topological polar surface area (TPSA) is 38.3 Å². The van der Waals surface area contributed by atoms with Crippen LogP contribution in [0.5, 0.6) is 0 Å². The number of methoxy groups -OCH3 is 1. The minimum atomic E-state index is -0.300. The molecule has 0 fully saturated rings. The van der Waals surface area contributed by atoms with Crippen molar-refractivity contribution in [3.63, 3.8) is 0 Å². The predicted octanol–water partition coefficient (Wildman–Crippen LogP) is 0.936. The molecule has 0 aliphatic heterocycles. The molecule has 0 aromatic heterocycles. The van der Waals surface area contributed by atoms with Gasteiger partial charge in [-0.25, -0.2) is 0 Å². The van der Waals surface area contributed by atoms with E-state index in [1.54, 1.807) is 7.11 Å². The number of hydrogen-bond acceptors (Lipinski definition) is 2. The maximum atomic E-state index is 10.7. The van der Waals surface area contributed by atoms with Gasteiger partial charge in [0.25, 0.3) is 0 Å².